The van der Waals surface area contributed by atoms with Gasteiger partial charge in [0, 0.05) is 20.2 Å². The van der Waals surface area contributed by atoms with Gasteiger partial charge in [0.1, 0.15) is 0 Å². The standard InChI is InChI=1S/C11H21NO2/c1-11(2,3)8-12(4)10(13)9-5-6-14-7-9/h9H,5-8H2,1-4H3. The fourth-order valence-corrected chi connectivity index (χ4v) is 1.83. The van der Waals surface area contributed by atoms with E-state index in [-0.39, 0.29) is 17.2 Å². The molecular weight excluding hydrogens is 178 g/mol. The van der Waals surface area contributed by atoms with Gasteiger partial charge in [0.25, 0.3) is 0 Å². The van der Waals surface area contributed by atoms with Crippen LogP contribution in [0.3, 0.4) is 0 Å². The number of ether oxygens (including phenoxy) is 1. The molecule has 1 heterocycles. The van der Waals surface area contributed by atoms with Crippen LogP contribution in [0.2, 0.25) is 0 Å². The number of carbonyl (C=O) groups excluding carboxylic acids is 1. The van der Waals surface area contributed by atoms with Gasteiger partial charge in [0.15, 0.2) is 0 Å². The van der Waals surface area contributed by atoms with Crippen molar-refractivity contribution in [1.29, 1.82) is 0 Å². The third kappa shape index (κ3) is 3.29. The van der Waals surface area contributed by atoms with Gasteiger partial charge in [-0.15, -0.1) is 0 Å². The molecule has 1 saturated heterocycles. The Morgan fingerprint density at radius 1 is 1.50 bits per heavy atom. The first kappa shape index (κ1) is 11.5. The van der Waals surface area contributed by atoms with Crippen molar-refractivity contribution in [3.63, 3.8) is 0 Å². The second-order valence-corrected chi connectivity index (χ2v) is 5.32. The molecule has 0 aromatic heterocycles. The second kappa shape index (κ2) is 4.30. The topological polar surface area (TPSA) is 29.5 Å². The zero-order valence-electron chi connectivity index (χ0n) is 9.67. The molecule has 0 aromatic carbocycles. The molecule has 82 valence electrons. The van der Waals surface area contributed by atoms with Crippen molar-refractivity contribution in [1.82, 2.24) is 4.90 Å². The Labute approximate surface area is 86.4 Å². The number of nitrogens with zero attached hydrogens (tertiary/aromatic N) is 1. The SMILES string of the molecule is CN(CC(C)(C)C)C(=O)C1CCOC1. The first-order chi connectivity index (χ1) is 6.40. The quantitative estimate of drug-likeness (QED) is 0.675. The number of amides is 1. The minimum absolute atomic E-state index is 0.0994. The molecule has 1 amide bonds. The van der Waals surface area contributed by atoms with Gasteiger partial charge in [-0.25, -0.2) is 0 Å². The fraction of sp³-hybridized carbons (Fsp3) is 0.909. The maximum atomic E-state index is 11.9. The molecule has 0 aliphatic carbocycles. The van der Waals surface area contributed by atoms with Crippen LogP contribution in [0.5, 0.6) is 0 Å². The number of carbonyl (C=O) groups is 1. The first-order valence-corrected chi connectivity index (χ1v) is 5.23. The molecule has 1 aliphatic heterocycles. The molecule has 0 bridgehead atoms. The summed E-state index contributed by atoms with van der Waals surface area (Å²) in [4.78, 5) is 13.7. The average molecular weight is 199 g/mol. The van der Waals surface area contributed by atoms with E-state index in [0.29, 0.717) is 6.61 Å². The Bertz CT molecular complexity index is 202. The van der Waals surface area contributed by atoms with Gasteiger partial charge in [0.05, 0.1) is 12.5 Å². The molecule has 3 nitrogen and oxygen atoms in total. The summed E-state index contributed by atoms with van der Waals surface area (Å²) in [5, 5.41) is 0. The van der Waals surface area contributed by atoms with E-state index in [9.17, 15) is 4.79 Å². The summed E-state index contributed by atoms with van der Waals surface area (Å²) in [6.07, 6.45) is 0.882. The smallest absolute Gasteiger partial charge is 0.227 e. The van der Waals surface area contributed by atoms with Crippen molar-refractivity contribution in [2.24, 2.45) is 11.3 Å². The number of hydrogen-bond acceptors (Lipinski definition) is 2. The first-order valence-electron chi connectivity index (χ1n) is 5.23. The molecule has 1 aliphatic rings. The molecule has 14 heavy (non-hydrogen) atoms. The predicted octanol–water partition coefficient (Wildman–Crippen LogP) is 1.53. The third-order valence-electron chi connectivity index (χ3n) is 2.37. The van der Waals surface area contributed by atoms with Gasteiger partial charge in [-0.1, -0.05) is 20.8 Å². The normalized spacial score (nSPS) is 22.4. The van der Waals surface area contributed by atoms with Crippen LogP contribution >= 0.6 is 0 Å². The van der Waals surface area contributed by atoms with Crippen LogP contribution in [0.15, 0.2) is 0 Å². The highest BCUT2D eigenvalue weighted by atomic mass is 16.5. The summed E-state index contributed by atoms with van der Waals surface area (Å²) >= 11 is 0. The number of rotatable bonds is 2. The Balaban J connectivity index is 2.43. The lowest BCUT2D eigenvalue weighted by molar-refractivity contribution is -0.135. The Hall–Kier alpha value is -0.570. The molecule has 0 N–H and O–H groups in total. The van der Waals surface area contributed by atoms with E-state index in [1.807, 2.05) is 11.9 Å². The van der Waals surface area contributed by atoms with Crippen LogP contribution in [-0.4, -0.2) is 37.6 Å². The lowest BCUT2D eigenvalue weighted by Gasteiger charge is -2.28. The highest BCUT2D eigenvalue weighted by molar-refractivity contribution is 5.79. The van der Waals surface area contributed by atoms with Crippen LogP contribution in [0.25, 0.3) is 0 Å². The molecule has 0 spiro atoms. The molecule has 0 aromatic rings. The second-order valence-electron chi connectivity index (χ2n) is 5.32. The molecular formula is C11H21NO2. The predicted molar refractivity (Wildman–Crippen MR) is 56.0 cm³/mol. The van der Waals surface area contributed by atoms with E-state index in [4.69, 9.17) is 4.74 Å². The van der Waals surface area contributed by atoms with E-state index in [1.54, 1.807) is 0 Å². The largest absolute Gasteiger partial charge is 0.381 e. The van der Waals surface area contributed by atoms with E-state index in [1.165, 1.54) is 0 Å². The summed E-state index contributed by atoms with van der Waals surface area (Å²) in [5.74, 6) is 0.333. The molecule has 1 rings (SSSR count). The zero-order valence-corrected chi connectivity index (χ0v) is 9.67. The molecule has 1 fully saturated rings. The van der Waals surface area contributed by atoms with Crippen molar-refractivity contribution in [3.05, 3.63) is 0 Å². The highest BCUT2D eigenvalue weighted by Crippen LogP contribution is 2.19. The van der Waals surface area contributed by atoms with Crippen LogP contribution in [0.1, 0.15) is 27.2 Å². The summed E-state index contributed by atoms with van der Waals surface area (Å²) in [6, 6.07) is 0. The van der Waals surface area contributed by atoms with Gasteiger partial charge in [-0.05, 0) is 11.8 Å². The maximum absolute atomic E-state index is 11.9. The van der Waals surface area contributed by atoms with Crippen LogP contribution in [-0.2, 0) is 9.53 Å². The van der Waals surface area contributed by atoms with Crippen molar-refractivity contribution in [2.45, 2.75) is 27.2 Å². The van der Waals surface area contributed by atoms with Crippen molar-refractivity contribution in [2.75, 3.05) is 26.8 Å². The van der Waals surface area contributed by atoms with E-state index < -0.39 is 0 Å². The van der Waals surface area contributed by atoms with E-state index >= 15 is 0 Å². The lowest BCUT2D eigenvalue weighted by Crippen LogP contribution is -2.38. The van der Waals surface area contributed by atoms with Gasteiger partial charge in [-0.2, -0.15) is 0 Å². The van der Waals surface area contributed by atoms with Crippen LogP contribution < -0.4 is 0 Å². The third-order valence-corrected chi connectivity index (χ3v) is 2.37. The molecule has 1 atom stereocenters. The van der Waals surface area contributed by atoms with Crippen LogP contribution in [0.4, 0.5) is 0 Å². The summed E-state index contributed by atoms with van der Waals surface area (Å²) in [6.45, 7) is 8.57. The monoisotopic (exact) mass is 199 g/mol. The zero-order chi connectivity index (χ0) is 10.8. The molecule has 0 saturated carbocycles. The Kier molecular flexibility index (Phi) is 3.53. The fourth-order valence-electron chi connectivity index (χ4n) is 1.83. The Morgan fingerprint density at radius 2 is 2.14 bits per heavy atom. The molecule has 1 unspecified atom stereocenters. The average Bonchev–Trinajstić information content (AvgIpc) is 2.51. The van der Waals surface area contributed by atoms with Gasteiger partial charge in [0.2, 0.25) is 5.91 Å². The van der Waals surface area contributed by atoms with Crippen molar-refractivity contribution < 1.29 is 9.53 Å². The summed E-state index contributed by atoms with van der Waals surface area (Å²) in [7, 11) is 1.88. The van der Waals surface area contributed by atoms with Crippen molar-refractivity contribution >= 4 is 5.91 Å². The minimum atomic E-state index is 0.0994. The van der Waals surface area contributed by atoms with Gasteiger partial charge in [-0.3, -0.25) is 4.79 Å². The minimum Gasteiger partial charge on any atom is -0.381 e. The van der Waals surface area contributed by atoms with Gasteiger partial charge < -0.3 is 9.64 Å². The van der Waals surface area contributed by atoms with Gasteiger partial charge >= 0.3 is 0 Å². The summed E-state index contributed by atoms with van der Waals surface area (Å²) < 4.78 is 5.21. The summed E-state index contributed by atoms with van der Waals surface area (Å²) in [5.41, 5.74) is 0.171. The lowest BCUT2D eigenvalue weighted by atomic mass is 9.95. The van der Waals surface area contributed by atoms with Crippen LogP contribution in [0, 0.1) is 11.3 Å². The molecule has 3 heteroatoms. The van der Waals surface area contributed by atoms with E-state index in [0.717, 1.165) is 19.6 Å². The van der Waals surface area contributed by atoms with Crippen molar-refractivity contribution in [3.8, 4) is 0 Å². The van der Waals surface area contributed by atoms with E-state index in [2.05, 4.69) is 20.8 Å². The molecule has 0 radical (unpaired) electrons. The Morgan fingerprint density at radius 3 is 2.57 bits per heavy atom. The highest BCUT2D eigenvalue weighted by Gasteiger charge is 2.27. The maximum Gasteiger partial charge on any atom is 0.227 e. The number of hydrogen-bond donors (Lipinski definition) is 0.